The van der Waals surface area contributed by atoms with Gasteiger partial charge in [-0.05, 0) is 45.4 Å². The van der Waals surface area contributed by atoms with E-state index in [1.165, 1.54) is 7.11 Å². The highest BCUT2D eigenvalue weighted by atomic mass is 35.5. The molecule has 0 aliphatic heterocycles. The largest absolute Gasteiger partial charge is 0.465 e. The first-order valence-electron chi connectivity index (χ1n) is 6.48. The summed E-state index contributed by atoms with van der Waals surface area (Å²) < 4.78 is 10.2. The van der Waals surface area contributed by atoms with E-state index in [1.807, 2.05) is 20.8 Å². The van der Waals surface area contributed by atoms with E-state index in [0.717, 1.165) is 6.42 Å². The average Bonchev–Trinajstić information content (AvgIpc) is 2.37. The van der Waals surface area contributed by atoms with E-state index < -0.39 is 0 Å². The lowest BCUT2D eigenvalue weighted by atomic mass is 9.99. The SMILES string of the molecule is COC(=O)c1ccc(Cl)cc1NC(C)CC(C)(C)OC. The minimum absolute atomic E-state index is 0.117. The van der Waals surface area contributed by atoms with E-state index in [1.54, 1.807) is 25.3 Å². The first-order chi connectivity index (χ1) is 9.29. The maximum Gasteiger partial charge on any atom is 0.339 e. The van der Waals surface area contributed by atoms with Crippen LogP contribution in [0.3, 0.4) is 0 Å². The smallest absolute Gasteiger partial charge is 0.339 e. The highest BCUT2D eigenvalue weighted by Gasteiger charge is 2.21. The molecule has 1 aromatic carbocycles. The molecule has 0 saturated carbocycles. The Morgan fingerprint density at radius 3 is 2.60 bits per heavy atom. The Hall–Kier alpha value is -1.26. The molecule has 0 aliphatic carbocycles. The van der Waals surface area contributed by atoms with Gasteiger partial charge in [-0.3, -0.25) is 0 Å². The van der Waals surface area contributed by atoms with Crippen molar-refractivity contribution in [2.75, 3.05) is 19.5 Å². The van der Waals surface area contributed by atoms with Gasteiger partial charge in [0.15, 0.2) is 0 Å². The quantitative estimate of drug-likeness (QED) is 0.813. The Kier molecular flexibility index (Phi) is 5.84. The highest BCUT2D eigenvalue weighted by molar-refractivity contribution is 6.31. The second-order valence-electron chi connectivity index (χ2n) is 5.39. The highest BCUT2D eigenvalue weighted by Crippen LogP contribution is 2.25. The monoisotopic (exact) mass is 299 g/mol. The molecule has 1 atom stereocenters. The molecule has 5 heteroatoms. The number of carbonyl (C=O) groups is 1. The fourth-order valence-electron chi connectivity index (χ4n) is 2.06. The second-order valence-corrected chi connectivity index (χ2v) is 5.83. The van der Waals surface area contributed by atoms with Crippen molar-refractivity contribution in [3.8, 4) is 0 Å². The molecule has 1 rings (SSSR count). The summed E-state index contributed by atoms with van der Waals surface area (Å²) >= 11 is 5.99. The van der Waals surface area contributed by atoms with Gasteiger partial charge in [-0.1, -0.05) is 11.6 Å². The molecular formula is C15H22ClNO3. The molecule has 0 bridgehead atoms. The van der Waals surface area contributed by atoms with Crippen molar-refractivity contribution in [3.63, 3.8) is 0 Å². The van der Waals surface area contributed by atoms with Crippen LogP contribution < -0.4 is 5.32 Å². The minimum atomic E-state index is -0.387. The van der Waals surface area contributed by atoms with Crippen LogP contribution in [0.4, 0.5) is 5.69 Å². The molecule has 1 aromatic rings. The third kappa shape index (κ3) is 4.69. The van der Waals surface area contributed by atoms with Gasteiger partial charge in [-0.25, -0.2) is 4.79 Å². The van der Waals surface area contributed by atoms with Gasteiger partial charge in [0.2, 0.25) is 0 Å². The molecule has 0 fully saturated rings. The number of rotatable bonds is 6. The third-order valence-electron chi connectivity index (χ3n) is 3.14. The fraction of sp³-hybridized carbons (Fsp3) is 0.533. The van der Waals surface area contributed by atoms with Gasteiger partial charge in [-0.15, -0.1) is 0 Å². The van der Waals surface area contributed by atoms with Crippen LogP contribution in [0.25, 0.3) is 0 Å². The molecule has 0 amide bonds. The maximum atomic E-state index is 11.7. The Morgan fingerprint density at radius 2 is 2.05 bits per heavy atom. The lowest BCUT2D eigenvalue weighted by molar-refractivity contribution is 0.0128. The van der Waals surface area contributed by atoms with Crippen LogP contribution >= 0.6 is 11.6 Å². The van der Waals surface area contributed by atoms with Gasteiger partial charge in [-0.2, -0.15) is 0 Å². The Labute approximate surface area is 125 Å². The standard InChI is InChI=1S/C15H22ClNO3/c1-10(9-15(2,3)20-5)17-13-8-11(16)6-7-12(13)14(18)19-4/h6-8,10,17H,9H2,1-5H3. The van der Waals surface area contributed by atoms with Crippen LogP contribution in [0.2, 0.25) is 5.02 Å². The number of anilines is 1. The zero-order chi connectivity index (χ0) is 15.3. The lowest BCUT2D eigenvalue weighted by Gasteiger charge is -2.28. The predicted molar refractivity (Wildman–Crippen MR) is 81.6 cm³/mol. The second kappa shape index (κ2) is 6.95. The van der Waals surface area contributed by atoms with Gasteiger partial charge in [0.05, 0.1) is 24.0 Å². The summed E-state index contributed by atoms with van der Waals surface area (Å²) in [7, 11) is 3.05. The topological polar surface area (TPSA) is 47.6 Å². The summed E-state index contributed by atoms with van der Waals surface area (Å²) in [5, 5.41) is 3.86. The van der Waals surface area contributed by atoms with E-state index in [-0.39, 0.29) is 17.6 Å². The first kappa shape index (κ1) is 16.8. The molecular weight excluding hydrogens is 278 g/mol. The summed E-state index contributed by atoms with van der Waals surface area (Å²) in [5.74, 6) is -0.387. The molecule has 0 aromatic heterocycles. The van der Waals surface area contributed by atoms with Crippen molar-refractivity contribution in [2.24, 2.45) is 0 Å². The van der Waals surface area contributed by atoms with Crippen LogP contribution in [0.15, 0.2) is 18.2 Å². The Balaban J connectivity index is 2.90. The molecule has 0 aliphatic rings. The van der Waals surface area contributed by atoms with Crippen molar-refractivity contribution in [1.82, 2.24) is 0 Å². The zero-order valence-electron chi connectivity index (χ0n) is 12.6. The fourth-order valence-corrected chi connectivity index (χ4v) is 2.23. The number of halogens is 1. The molecule has 112 valence electrons. The van der Waals surface area contributed by atoms with Gasteiger partial charge in [0.25, 0.3) is 0 Å². The van der Waals surface area contributed by atoms with Crippen LogP contribution in [0.1, 0.15) is 37.6 Å². The average molecular weight is 300 g/mol. The normalized spacial score (nSPS) is 12.9. The first-order valence-corrected chi connectivity index (χ1v) is 6.86. The van der Waals surface area contributed by atoms with Gasteiger partial charge < -0.3 is 14.8 Å². The van der Waals surface area contributed by atoms with Crippen molar-refractivity contribution in [2.45, 2.75) is 38.8 Å². The summed E-state index contributed by atoms with van der Waals surface area (Å²) in [6.45, 7) is 6.07. The Bertz CT molecular complexity index is 474. The number of hydrogen-bond acceptors (Lipinski definition) is 4. The van der Waals surface area contributed by atoms with E-state index in [9.17, 15) is 4.79 Å². The van der Waals surface area contributed by atoms with Crippen LogP contribution in [-0.4, -0.2) is 31.8 Å². The van der Waals surface area contributed by atoms with E-state index >= 15 is 0 Å². The number of nitrogens with one attached hydrogen (secondary N) is 1. The molecule has 0 heterocycles. The predicted octanol–water partition coefficient (Wildman–Crippen LogP) is 3.74. The van der Waals surface area contributed by atoms with Crippen molar-refractivity contribution < 1.29 is 14.3 Å². The number of esters is 1. The Morgan fingerprint density at radius 1 is 1.40 bits per heavy atom. The van der Waals surface area contributed by atoms with E-state index in [0.29, 0.717) is 16.3 Å². The molecule has 1 unspecified atom stereocenters. The maximum absolute atomic E-state index is 11.7. The van der Waals surface area contributed by atoms with Crippen molar-refractivity contribution >= 4 is 23.3 Å². The summed E-state index contributed by atoms with van der Waals surface area (Å²) in [6.07, 6.45) is 0.788. The molecule has 0 spiro atoms. The van der Waals surface area contributed by atoms with Crippen molar-refractivity contribution in [1.29, 1.82) is 0 Å². The van der Waals surface area contributed by atoms with E-state index in [2.05, 4.69) is 5.32 Å². The number of methoxy groups -OCH3 is 2. The molecule has 4 nitrogen and oxygen atoms in total. The number of benzene rings is 1. The minimum Gasteiger partial charge on any atom is -0.465 e. The van der Waals surface area contributed by atoms with Gasteiger partial charge >= 0.3 is 5.97 Å². The van der Waals surface area contributed by atoms with E-state index in [4.69, 9.17) is 21.1 Å². The van der Waals surface area contributed by atoms with Crippen LogP contribution in [-0.2, 0) is 9.47 Å². The third-order valence-corrected chi connectivity index (χ3v) is 3.37. The molecule has 1 N–H and O–H groups in total. The molecule has 0 radical (unpaired) electrons. The molecule has 20 heavy (non-hydrogen) atoms. The van der Waals surface area contributed by atoms with Crippen LogP contribution in [0.5, 0.6) is 0 Å². The zero-order valence-corrected chi connectivity index (χ0v) is 13.4. The number of hydrogen-bond donors (Lipinski definition) is 1. The van der Waals surface area contributed by atoms with Crippen molar-refractivity contribution in [3.05, 3.63) is 28.8 Å². The number of carbonyl (C=O) groups excluding carboxylic acids is 1. The summed E-state index contributed by atoms with van der Waals surface area (Å²) in [6, 6.07) is 5.17. The summed E-state index contributed by atoms with van der Waals surface area (Å²) in [4.78, 5) is 11.7. The van der Waals surface area contributed by atoms with Crippen LogP contribution in [0, 0.1) is 0 Å². The molecule has 0 saturated heterocycles. The van der Waals surface area contributed by atoms with Gasteiger partial charge in [0, 0.05) is 18.2 Å². The van der Waals surface area contributed by atoms with Gasteiger partial charge in [0.1, 0.15) is 0 Å². The lowest BCUT2D eigenvalue weighted by Crippen LogP contribution is -2.31. The number of ether oxygens (including phenoxy) is 2. The summed E-state index contributed by atoms with van der Waals surface area (Å²) in [5.41, 5.74) is 0.902.